The van der Waals surface area contributed by atoms with Crippen molar-refractivity contribution in [2.24, 2.45) is 0 Å². The van der Waals surface area contributed by atoms with E-state index in [1.54, 1.807) is 23.4 Å². The molecule has 6 heteroatoms. The maximum atomic E-state index is 12.8. The summed E-state index contributed by atoms with van der Waals surface area (Å²) in [7, 11) is 0. The summed E-state index contributed by atoms with van der Waals surface area (Å²) in [6.07, 6.45) is 2.98. The Labute approximate surface area is 147 Å². The summed E-state index contributed by atoms with van der Waals surface area (Å²) >= 11 is 3.43. The van der Waals surface area contributed by atoms with Crippen LogP contribution in [0.2, 0.25) is 0 Å². The van der Waals surface area contributed by atoms with Crippen LogP contribution in [-0.2, 0) is 6.54 Å². The van der Waals surface area contributed by atoms with Crippen LogP contribution in [0.3, 0.4) is 0 Å². The second kappa shape index (κ2) is 6.13. The number of carbonyl (C=O) groups is 1. The van der Waals surface area contributed by atoms with Gasteiger partial charge in [0.2, 0.25) is 0 Å². The van der Waals surface area contributed by atoms with E-state index in [-0.39, 0.29) is 12.1 Å². The molecule has 1 atom stereocenters. The maximum Gasteiger partial charge on any atom is 0.258 e. The third-order valence-corrected chi connectivity index (χ3v) is 4.48. The number of benzene rings is 1. The topological polar surface area (TPSA) is 58.4 Å². The van der Waals surface area contributed by atoms with Gasteiger partial charge < -0.3 is 14.6 Å². The lowest BCUT2D eigenvalue weighted by Crippen LogP contribution is -2.31. The Balaban J connectivity index is 1.68. The number of rotatable bonds is 4. The van der Waals surface area contributed by atoms with E-state index in [1.165, 1.54) is 0 Å². The van der Waals surface area contributed by atoms with E-state index >= 15 is 0 Å². The molecule has 1 aliphatic heterocycles. The van der Waals surface area contributed by atoms with Crippen molar-refractivity contribution in [3.05, 3.63) is 82.5 Å². The number of hydrogen-bond donors (Lipinski definition) is 1. The van der Waals surface area contributed by atoms with Crippen molar-refractivity contribution < 1.29 is 9.21 Å². The molecule has 0 bridgehead atoms. The van der Waals surface area contributed by atoms with E-state index in [2.05, 4.69) is 26.2 Å². The molecule has 2 aromatic heterocycles. The van der Waals surface area contributed by atoms with Crippen molar-refractivity contribution in [1.29, 1.82) is 0 Å². The van der Waals surface area contributed by atoms with E-state index < -0.39 is 0 Å². The number of amides is 1. The van der Waals surface area contributed by atoms with Crippen LogP contribution in [-0.4, -0.2) is 15.8 Å². The molecular formula is C18H14BrN3O2. The lowest BCUT2D eigenvalue weighted by Gasteiger charge is -2.25. The van der Waals surface area contributed by atoms with Crippen molar-refractivity contribution in [3.63, 3.8) is 0 Å². The van der Waals surface area contributed by atoms with Crippen LogP contribution < -0.4 is 5.32 Å². The Bertz CT molecular complexity index is 862. The minimum absolute atomic E-state index is 0.0517. The second-order valence-corrected chi connectivity index (χ2v) is 6.42. The molecule has 24 heavy (non-hydrogen) atoms. The molecule has 1 N–H and O–H groups in total. The number of carbonyl (C=O) groups excluding carboxylic acids is 1. The van der Waals surface area contributed by atoms with Crippen molar-refractivity contribution in [3.8, 4) is 0 Å². The Hall–Kier alpha value is -2.60. The number of pyridine rings is 1. The molecule has 1 unspecified atom stereocenters. The van der Waals surface area contributed by atoms with Crippen LogP contribution >= 0.6 is 15.9 Å². The van der Waals surface area contributed by atoms with Gasteiger partial charge in [-0.05, 0) is 48.5 Å². The minimum atomic E-state index is -0.333. The van der Waals surface area contributed by atoms with E-state index in [9.17, 15) is 4.79 Å². The molecule has 4 rings (SSSR count). The largest absolute Gasteiger partial charge is 0.467 e. The normalized spacial score (nSPS) is 16.3. The highest BCUT2D eigenvalue weighted by atomic mass is 79.9. The van der Waals surface area contributed by atoms with Gasteiger partial charge in [0.25, 0.3) is 5.91 Å². The SMILES string of the molecule is O=C1c2cccnc2C(Nc2ccc(Br)cc2)N1Cc1ccco1. The second-order valence-electron chi connectivity index (χ2n) is 5.50. The molecule has 3 heterocycles. The minimum Gasteiger partial charge on any atom is -0.467 e. The molecule has 1 amide bonds. The summed E-state index contributed by atoms with van der Waals surface area (Å²) in [6.45, 7) is 0.385. The van der Waals surface area contributed by atoms with Crippen LogP contribution in [0.25, 0.3) is 0 Å². The van der Waals surface area contributed by atoms with Crippen molar-refractivity contribution in [2.75, 3.05) is 5.32 Å². The number of fused-ring (bicyclic) bond motifs is 1. The van der Waals surface area contributed by atoms with Gasteiger partial charge in [0.1, 0.15) is 11.9 Å². The molecule has 0 aliphatic carbocycles. The quantitative estimate of drug-likeness (QED) is 0.733. The predicted octanol–water partition coefficient (Wildman–Crippen LogP) is 4.20. The third-order valence-electron chi connectivity index (χ3n) is 3.95. The van der Waals surface area contributed by atoms with E-state index in [0.717, 1.165) is 21.6 Å². The highest BCUT2D eigenvalue weighted by Gasteiger charge is 2.38. The molecule has 0 radical (unpaired) electrons. The molecule has 0 fully saturated rings. The first-order chi connectivity index (χ1) is 11.7. The summed E-state index contributed by atoms with van der Waals surface area (Å²) in [5, 5.41) is 3.40. The summed E-state index contributed by atoms with van der Waals surface area (Å²) in [6, 6.07) is 15.1. The average molecular weight is 384 g/mol. The number of nitrogens with one attached hydrogen (secondary N) is 1. The zero-order valence-electron chi connectivity index (χ0n) is 12.6. The molecule has 1 aliphatic rings. The van der Waals surface area contributed by atoms with Gasteiger partial charge in [-0.1, -0.05) is 15.9 Å². The first kappa shape index (κ1) is 15.0. The zero-order chi connectivity index (χ0) is 16.5. The highest BCUT2D eigenvalue weighted by molar-refractivity contribution is 9.10. The molecule has 0 saturated carbocycles. The van der Waals surface area contributed by atoms with Gasteiger partial charge in [0.05, 0.1) is 24.1 Å². The Morgan fingerprint density at radius 1 is 1.17 bits per heavy atom. The predicted molar refractivity (Wildman–Crippen MR) is 93.3 cm³/mol. The Morgan fingerprint density at radius 3 is 2.75 bits per heavy atom. The van der Waals surface area contributed by atoms with Gasteiger partial charge in [0, 0.05) is 16.4 Å². The fourth-order valence-electron chi connectivity index (χ4n) is 2.82. The Kier molecular flexibility index (Phi) is 3.82. The van der Waals surface area contributed by atoms with Crippen LogP contribution in [0.15, 0.2) is 69.9 Å². The Morgan fingerprint density at radius 2 is 2.00 bits per heavy atom. The molecule has 0 spiro atoms. The van der Waals surface area contributed by atoms with Crippen LogP contribution in [0.1, 0.15) is 28.0 Å². The number of furan rings is 1. The monoisotopic (exact) mass is 383 g/mol. The van der Waals surface area contributed by atoms with Crippen molar-refractivity contribution in [1.82, 2.24) is 9.88 Å². The summed E-state index contributed by atoms with van der Waals surface area (Å²) < 4.78 is 6.41. The van der Waals surface area contributed by atoms with Crippen LogP contribution in [0.4, 0.5) is 5.69 Å². The molecule has 0 saturated heterocycles. The number of halogens is 1. The summed E-state index contributed by atoms with van der Waals surface area (Å²) in [4.78, 5) is 18.9. The molecule has 120 valence electrons. The zero-order valence-corrected chi connectivity index (χ0v) is 14.2. The van der Waals surface area contributed by atoms with Crippen molar-refractivity contribution >= 4 is 27.5 Å². The lowest BCUT2D eigenvalue weighted by atomic mass is 10.2. The number of hydrogen-bond acceptors (Lipinski definition) is 4. The molecule has 5 nitrogen and oxygen atoms in total. The van der Waals surface area contributed by atoms with Gasteiger partial charge >= 0.3 is 0 Å². The highest BCUT2D eigenvalue weighted by Crippen LogP contribution is 2.34. The smallest absolute Gasteiger partial charge is 0.258 e. The van der Waals surface area contributed by atoms with E-state index in [1.807, 2.05) is 42.5 Å². The van der Waals surface area contributed by atoms with Crippen LogP contribution in [0.5, 0.6) is 0 Å². The van der Waals surface area contributed by atoms with Gasteiger partial charge in [0.15, 0.2) is 0 Å². The molecule has 1 aromatic carbocycles. The molecule has 3 aromatic rings. The molecular weight excluding hydrogens is 370 g/mol. The standard InChI is InChI=1S/C18H14BrN3O2/c19-12-5-7-13(8-6-12)21-17-16-15(4-1-9-20-16)18(23)22(17)11-14-3-2-10-24-14/h1-10,17,21H,11H2. The number of nitrogens with zero attached hydrogens (tertiary/aromatic N) is 2. The first-order valence-electron chi connectivity index (χ1n) is 7.53. The maximum absolute atomic E-state index is 12.8. The van der Waals surface area contributed by atoms with Gasteiger partial charge in [-0.3, -0.25) is 9.78 Å². The summed E-state index contributed by atoms with van der Waals surface area (Å²) in [5.74, 6) is 0.683. The third kappa shape index (κ3) is 2.69. The fraction of sp³-hybridized carbons (Fsp3) is 0.111. The number of aromatic nitrogens is 1. The fourth-order valence-corrected chi connectivity index (χ4v) is 3.08. The van der Waals surface area contributed by atoms with E-state index in [0.29, 0.717) is 12.1 Å². The van der Waals surface area contributed by atoms with E-state index in [4.69, 9.17) is 4.42 Å². The summed E-state index contributed by atoms with van der Waals surface area (Å²) in [5.41, 5.74) is 2.27. The van der Waals surface area contributed by atoms with Crippen LogP contribution in [0, 0.1) is 0 Å². The van der Waals surface area contributed by atoms with Crippen molar-refractivity contribution in [2.45, 2.75) is 12.7 Å². The van der Waals surface area contributed by atoms with Gasteiger partial charge in [-0.25, -0.2) is 0 Å². The average Bonchev–Trinajstić information content (AvgIpc) is 3.20. The lowest BCUT2D eigenvalue weighted by molar-refractivity contribution is 0.0714. The number of anilines is 1. The first-order valence-corrected chi connectivity index (χ1v) is 8.32. The van der Waals surface area contributed by atoms with Gasteiger partial charge in [-0.2, -0.15) is 0 Å². The van der Waals surface area contributed by atoms with Gasteiger partial charge in [-0.15, -0.1) is 0 Å².